The molecule has 156 valence electrons. The van der Waals surface area contributed by atoms with Crippen LogP contribution in [0.5, 0.6) is 0 Å². The summed E-state index contributed by atoms with van der Waals surface area (Å²) in [7, 11) is 0. The normalized spacial score (nSPS) is 14.6. The number of aromatic nitrogens is 3. The highest BCUT2D eigenvalue weighted by molar-refractivity contribution is 7.13. The molecule has 1 aliphatic heterocycles. The van der Waals surface area contributed by atoms with Gasteiger partial charge in [-0.25, -0.2) is 14.1 Å². The van der Waals surface area contributed by atoms with Crippen LogP contribution in [-0.4, -0.2) is 38.7 Å². The van der Waals surface area contributed by atoms with Crippen molar-refractivity contribution in [3.8, 4) is 5.69 Å². The van der Waals surface area contributed by atoms with Crippen LogP contribution in [0.25, 0.3) is 5.69 Å². The van der Waals surface area contributed by atoms with Gasteiger partial charge in [-0.15, -0.1) is 11.3 Å². The number of benzene rings is 1. The summed E-state index contributed by atoms with van der Waals surface area (Å²) >= 11 is 1.31. The van der Waals surface area contributed by atoms with Crippen LogP contribution in [0.1, 0.15) is 41.1 Å². The minimum Gasteiger partial charge on any atom is -0.297 e. The fraction of sp³-hybridized carbons (Fsp3) is 0.333. The summed E-state index contributed by atoms with van der Waals surface area (Å²) in [5.74, 6) is -1.16. The van der Waals surface area contributed by atoms with Gasteiger partial charge < -0.3 is 0 Å². The highest BCUT2D eigenvalue weighted by Gasteiger charge is 2.19. The van der Waals surface area contributed by atoms with Gasteiger partial charge in [0, 0.05) is 23.7 Å². The average Bonchev–Trinajstić information content (AvgIpc) is 3.16. The molecule has 1 saturated heterocycles. The molecule has 0 saturated carbocycles. The molecule has 1 fully saturated rings. The molecule has 0 bridgehead atoms. The summed E-state index contributed by atoms with van der Waals surface area (Å²) in [6.45, 7) is 4.50. The molecule has 7 nitrogen and oxygen atoms in total. The number of likely N-dealkylation sites (tertiary alicyclic amines) is 1. The second kappa shape index (κ2) is 8.85. The maximum absolute atomic E-state index is 14.2. The summed E-state index contributed by atoms with van der Waals surface area (Å²) in [4.78, 5) is 31.8. The van der Waals surface area contributed by atoms with E-state index in [-0.39, 0.29) is 11.4 Å². The van der Waals surface area contributed by atoms with Crippen LogP contribution in [0.4, 0.5) is 9.52 Å². The van der Waals surface area contributed by atoms with Crippen molar-refractivity contribution < 1.29 is 9.18 Å². The van der Waals surface area contributed by atoms with Crippen LogP contribution >= 0.6 is 11.3 Å². The number of halogens is 1. The van der Waals surface area contributed by atoms with Crippen molar-refractivity contribution in [1.29, 1.82) is 0 Å². The Morgan fingerprint density at radius 2 is 2.00 bits per heavy atom. The number of aryl methyl sites for hydroxylation is 1. The van der Waals surface area contributed by atoms with Gasteiger partial charge in [0.05, 0.1) is 5.69 Å². The van der Waals surface area contributed by atoms with Crippen LogP contribution in [-0.2, 0) is 6.54 Å². The SMILES string of the molecule is Cc1cc(=O)c(C(=O)Nc2nc(CN3CCCCC3)cs2)nn1-c1ccccc1F. The molecule has 0 radical (unpaired) electrons. The molecule has 1 amide bonds. The van der Waals surface area contributed by atoms with Crippen molar-refractivity contribution in [1.82, 2.24) is 19.7 Å². The summed E-state index contributed by atoms with van der Waals surface area (Å²) in [5, 5.41) is 9.09. The Morgan fingerprint density at radius 1 is 1.23 bits per heavy atom. The Bertz CT molecular complexity index is 1120. The Balaban J connectivity index is 1.53. The molecular weight excluding hydrogens is 405 g/mol. The predicted molar refractivity (Wildman–Crippen MR) is 114 cm³/mol. The monoisotopic (exact) mass is 427 g/mol. The Labute approximate surface area is 177 Å². The maximum atomic E-state index is 14.2. The first-order valence-corrected chi connectivity index (χ1v) is 10.7. The van der Waals surface area contributed by atoms with Gasteiger partial charge in [0.2, 0.25) is 5.43 Å². The zero-order valence-electron chi connectivity index (χ0n) is 16.6. The van der Waals surface area contributed by atoms with E-state index in [1.807, 2.05) is 5.38 Å². The van der Waals surface area contributed by atoms with Crippen LogP contribution < -0.4 is 10.7 Å². The Hall–Kier alpha value is -2.91. The molecule has 3 heterocycles. The highest BCUT2D eigenvalue weighted by atomic mass is 32.1. The van der Waals surface area contributed by atoms with E-state index in [1.165, 1.54) is 53.5 Å². The Kier molecular flexibility index (Phi) is 6.01. The molecule has 1 aromatic carbocycles. The molecule has 2 aromatic heterocycles. The lowest BCUT2D eigenvalue weighted by Crippen LogP contribution is -2.29. The van der Waals surface area contributed by atoms with Gasteiger partial charge in [-0.2, -0.15) is 5.10 Å². The number of hydrogen-bond donors (Lipinski definition) is 1. The predicted octanol–water partition coefficient (Wildman–Crippen LogP) is 3.37. The van der Waals surface area contributed by atoms with E-state index in [9.17, 15) is 14.0 Å². The van der Waals surface area contributed by atoms with Crippen molar-refractivity contribution in [2.45, 2.75) is 32.7 Å². The Morgan fingerprint density at radius 3 is 2.77 bits per heavy atom. The van der Waals surface area contributed by atoms with Gasteiger partial charge in [-0.05, 0) is 45.0 Å². The van der Waals surface area contributed by atoms with E-state index in [1.54, 1.807) is 19.1 Å². The van der Waals surface area contributed by atoms with E-state index in [4.69, 9.17) is 0 Å². The van der Waals surface area contributed by atoms with Gasteiger partial charge in [-0.3, -0.25) is 19.8 Å². The number of rotatable bonds is 5. The molecule has 1 N–H and O–H groups in total. The number of nitrogens with zero attached hydrogens (tertiary/aromatic N) is 4. The van der Waals surface area contributed by atoms with Crippen LogP contribution in [0.2, 0.25) is 0 Å². The lowest BCUT2D eigenvalue weighted by atomic mass is 10.1. The maximum Gasteiger partial charge on any atom is 0.281 e. The third-order valence-corrected chi connectivity index (χ3v) is 5.82. The molecular formula is C21H22FN5O2S. The van der Waals surface area contributed by atoms with Crippen LogP contribution in [0.3, 0.4) is 0 Å². The molecule has 1 aliphatic rings. The number of para-hydroxylation sites is 1. The van der Waals surface area contributed by atoms with Crippen molar-refractivity contribution >= 4 is 22.4 Å². The fourth-order valence-corrected chi connectivity index (χ4v) is 4.21. The van der Waals surface area contributed by atoms with Gasteiger partial charge in [0.1, 0.15) is 11.5 Å². The summed E-state index contributed by atoms with van der Waals surface area (Å²) in [6.07, 6.45) is 3.66. The molecule has 4 rings (SSSR count). The van der Waals surface area contributed by atoms with E-state index in [0.29, 0.717) is 10.8 Å². The van der Waals surface area contributed by atoms with Crippen molar-refractivity contribution in [2.75, 3.05) is 18.4 Å². The molecule has 0 aliphatic carbocycles. The molecule has 0 unspecified atom stereocenters. The fourth-order valence-electron chi connectivity index (χ4n) is 3.51. The van der Waals surface area contributed by atoms with E-state index in [2.05, 4.69) is 20.3 Å². The number of hydrogen-bond acceptors (Lipinski definition) is 6. The number of piperidine rings is 1. The smallest absolute Gasteiger partial charge is 0.281 e. The standard InChI is InChI=1S/C21H22FN5O2S/c1-14-11-18(28)19(25-27(14)17-8-4-3-7-16(17)22)20(29)24-21-23-15(13-30-21)12-26-9-5-2-6-10-26/h3-4,7-8,11,13H,2,5-6,9-10,12H2,1H3,(H,23,24,29). The third-order valence-electron chi connectivity index (χ3n) is 5.01. The third kappa shape index (κ3) is 4.47. The minimum atomic E-state index is -0.663. The largest absolute Gasteiger partial charge is 0.297 e. The van der Waals surface area contributed by atoms with Gasteiger partial charge in [-0.1, -0.05) is 18.6 Å². The van der Waals surface area contributed by atoms with Crippen molar-refractivity contribution in [2.24, 2.45) is 0 Å². The molecule has 0 spiro atoms. The molecule has 3 aromatic rings. The molecule has 30 heavy (non-hydrogen) atoms. The number of amides is 1. The first kappa shape index (κ1) is 20.4. The second-order valence-electron chi connectivity index (χ2n) is 7.30. The zero-order chi connectivity index (χ0) is 21.1. The zero-order valence-corrected chi connectivity index (χ0v) is 17.4. The van der Waals surface area contributed by atoms with E-state index >= 15 is 0 Å². The molecule has 9 heteroatoms. The number of thiazole rings is 1. The first-order chi connectivity index (χ1) is 14.5. The van der Waals surface area contributed by atoms with E-state index in [0.717, 1.165) is 25.3 Å². The second-order valence-corrected chi connectivity index (χ2v) is 8.15. The number of anilines is 1. The summed E-state index contributed by atoms with van der Waals surface area (Å²) in [6, 6.07) is 7.34. The van der Waals surface area contributed by atoms with Crippen LogP contribution in [0, 0.1) is 12.7 Å². The number of nitrogens with one attached hydrogen (secondary N) is 1. The lowest BCUT2D eigenvalue weighted by Gasteiger charge is -2.25. The van der Waals surface area contributed by atoms with Crippen LogP contribution in [0.15, 0.2) is 40.5 Å². The van der Waals surface area contributed by atoms with E-state index < -0.39 is 17.2 Å². The summed E-state index contributed by atoms with van der Waals surface area (Å²) in [5.41, 5.74) is 0.652. The average molecular weight is 428 g/mol. The quantitative estimate of drug-likeness (QED) is 0.675. The van der Waals surface area contributed by atoms with Gasteiger partial charge >= 0.3 is 0 Å². The van der Waals surface area contributed by atoms with Crippen molar-refractivity contribution in [3.05, 3.63) is 68.8 Å². The summed E-state index contributed by atoms with van der Waals surface area (Å²) < 4.78 is 15.4. The number of carbonyl (C=O) groups is 1. The van der Waals surface area contributed by atoms with Gasteiger partial charge in [0.15, 0.2) is 10.8 Å². The van der Waals surface area contributed by atoms with Crippen molar-refractivity contribution in [3.63, 3.8) is 0 Å². The molecule has 0 atom stereocenters. The lowest BCUT2D eigenvalue weighted by molar-refractivity contribution is 0.101. The topological polar surface area (TPSA) is 80.1 Å². The number of carbonyl (C=O) groups excluding carboxylic acids is 1. The minimum absolute atomic E-state index is 0.169. The highest BCUT2D eigenvalue weighted by Crippen LogP contribution is 2.19. The first-order valence-electron chi connectivity index (χ1n) is 9.85. The van der Waals surface area contributed by atoms with Gasteiger partial charge in [0.25, 0.3) is 5.91 Å².